The molecule has 0 fully saturated rings. The van der Waals surface area contributed by atoms with Gasteiger partial charge < -0.3 is 9.84 Å². The number of aromatic nitrogens is 1. The third-order valence-electron chi connectivity index (χ3n) is 4.74. The molecule has 0 amide bonds. The Hall–Kier alpha value is -2.86. The van der Waals surface area contributed by atoms with E-state index in [-0.39, 0.29) is 22.4 Å². The van der Waals surface area contributed by atoms with Crippen LogP contribution in [0, 0.1) is 12.7 Å². The zero-order chi connectivity index (χ0) is 21.5. The standard InChI is InChI=1S/C22H21ClFNO4/c1-11(2)29-22(28)12(3)20-13(4)25(19-8-6-15(26)10-16(19)20)21(27)14-5-7-17(23)18(24)9-14/h5-12,26H,1-4H3/t12-/m1/s1. The number of hydrogen-bond donors (Lipinski definition) is 1. The first-order valence-corrected chi connectivity index (χ1v) is 9.53. The molecule has 0 spiro atoms. The van der Waals surface area contributed by atoms with E-state index in [1.54, 1.807) is 33.8 Å². The van der Waals surface area contributed by atoms with E-state index in [1.807, 2.05) is 0 Å². The summed E-state index contributed by atoms with van der Waals surface area (Å²) in [4.78, 5) is 25.7. The Morgan fingerprint density at radius 3 is 2.45 bits per heavy atom. The molecule has 0 saturated carbocycles. The second kappa shape index (κ2) is 7.87. The molecule has 152 valence electrons. The van der Waals surface area contributed by atoms with Gasteiger partial charge in [-0.25, -0.2) is 4.39 Å². The van der Waals surface area contributed by atoms with Gasteiger partial charge in [-0.15, -0.1) is 0 Å². The van der Waals surface area contributed by atoms with Gasteiger partial charge in [0, 0.05) is 16.6 Å². The third kappa shape index (κ3) is 3.85. The molecule has 5 nitrogen and oxygen atoms in total. The molecule has 29 heavy (non-hydrogen) atoms. The van der Waals surface area contributed by atoms with Crippen molar-refractivity contribution >= 4 is 34.4 Å². The van der Waals surface area contributed by atoms with E-state index >= 15 is 0 Å². The summed E-state index contributed by atoms with van der Waals surface area (Å²) in [5.74, 6) is -2.26. The van der Waals surface area contributed by atoms with Crippen molar-refractivity contribution in [1.82, 2.24) is 4.57 Å². The van der Waals surface area contributed by atoms with Crippen LogP contribution in [0.4, 0.5) is 4.39 Å². The number of hydrogen-bond acceptors (Lipinski definition) is 4. The van der Waals surface area contributed by atoms with Crippen LogP contribution >= 0.6 is 11.6 Å². The van der Waals surface area contributed by atoms with Crippen LogP contribution in [0.2, 0.25) is 5.02 Å². The van der Waals surface area contributed by atoms with Crippen molar-refractivity contribution in [3.05, 3.63) is 64.1 Å². The van der Waals surface area contributed by atoms with Crippen molar-refractivity contribution < 1.29 is 23.8 Å². The Labute approximate surface area is 172 Å². The summed E-state index contributed by atoms with van der Waals surface area (Å²) in [5, 5.41) is 10.4. The van der Waals surface area contributed by atoms with Gasteiger partial charge in [0.05, 0.1) is 22.6 Å². The fourth-order valence-corrected chi connectivity index (χ4v) is 3.57. The van der Waals surface area contributed by atoms with Crippen molar-refractivity contribution in [3.63, 3.8) is 0 Å². The first-order chi connectivity index (χ1) is 13.6. The van der Waals surface area contributed by atoms with E-state index in [9.17, 15) is 19.1 Å². The zero-order valence-corrected chi connectivity index (χ0v) is 17.2. The highest BCUT2D eigenvalue weighted by Crippen LogP contribution is 2.35. The van der Waals surface area contributed by atoms with Gasteiger partial charge in [-0.2, -0.15) is 0 Å². The van der Waals surface area contributed by atoms with Gasteiger partial charge >= 0.3 is 5.97 Å². The predicted molar refractivity (Wildman–Crippen MR) is 109 cm³/mol. The molecular formula is C22H21ClFNO4. The van der Waals surface area contributed by atoms with Crippen molar-refractivity contribution in [2.24, 2.45) is 0 Å². The van der Waals surface area contributed by atoms with Gasteiger partial charge in [0.1, 0.15) is 11.6 Å². The monoisotopic (exact) mass is 417 g/mol. The fraction of sp³-hybridized carbons (Fsp3) is 0.273. The quantitative estimate of drug-likeness (QED) is 0.593. The van der Waals surface area contributed by atoms with Gasteiger partial charge in [0.2, 0.25) is 0 Å². The highest BCUT2D eigenvalue weighted by molar-refractivity contribution is 6.30. The SMILES string of the molecule is Cc1c([C@@H](C)C(=O)OC(C)C)c2cc(O)ccc2n1C(=O)c1ccc(Cl)c(F)c1. The molecule has 1 N–H and O–H groups in total. The lowest BCUT2D eigenvalue weighted by Gasteiger charge is -2.15. The topological polar surface area (TPSA) is 68.5 Å². The second-order valence-corrected chi connectivity index (χ2v) is 7.58. The van der Waals surface area contributed by atoms with E-state index in [1.165, 1.54) is 28.8 Å². The molecule has 1 heterocycles. The molecule has 0 aliphatic carbocycles. The summed E-state index contributed by atoms with van der Waals surface area (Å²) in [5.41, 5.74) is 1.70. The third-order valence-corrected chi connectivity index (χ3v) is 5.05. The lowest BCUT2D eigenvalue weighted by atomic mass is 9.98. The van der Waals surface area contributed by atoms with E-state index in [4.69, 9.17) is 16.3 Å². The summed E-state index contributed by atoms with van der Waals surface area (Å²) < 4.78 is 20.6. The van der Waals surface area contributed by atoms with E-state index in [0.717, 1.165) is 6.07 Å². The number of nitrogens with zero attached hydrogens (tertiary/aromatic N) is 1. The maximum atomic E-state index is 13.9. The smallest absolute Gasteiger partial charge is 0.313 e. The van der Waals surface area contributed by atoms with Crippen molar-refractivity contribution in [2.75, 3.05) is 0 Å². The number of phenols is 1. The van der Waals surface area contributed by atoms with Crippen molar-refractivity contribution in [3.8, 4) is 5.75 Å². The van der Waals surface area contributed by atoms with Gasteiger partial charge in [-0.05, 0) is 69.7 Å². The molecule has 3 rings (SSSR count). The maximum absolute atomic E-state index is 13.9. The number of fused-ring (bicyclic) bond motifs is 1. The highest BCUT2D eigenvalue weighted by Gasteiger charge is 2.28. The van der Waals surface area contributed by atoms with Crippen molar-refractivity contribution in [1.29, 1.82) is 0 Å². The molecule has 0 aliphatic rings. The normalized spacial score (nSPS) is 12.4. The molecule has 2 aromatic carbocycles. The minimum Gasteiger partial charge on any atom is -0.508 e. The van der Waals surface area contributed by atoms with Crippen LogP contribution in [0.3, 0.4) is 0 Å². The first kappa shape index (κ1) is 20.9. The maximum Gasteiger partial charge on any atom is 0.313 e. The van der Waals surface area contributed by atoms with E-state index in [0.29, 0.717) is 22.2 Å². The number of carbonyl (C=O) groups is 2. The molecule has 3 aromatic rings. The van der Waals surface area contributed by atoms with E-state index in [2.05, 4.69) is 0 Å². The number of carbonyl (C=O) groups excluding carboxylic acids is 2. The Balaban J connectivity index is 2.20. The van der Waals surface area contributed by atoms with Gasteiger partial charge in [-0.3, -0.25) is 14.2 Å². The number of ether oxygens (including phenoxy) is 1. The number of benzene rings is 2. The Bertz CT molecular complexity index is 1120. The number of phenolic OH excluding ortho intramolecular Hbond substituents is 1. The second-order valence-electron chi connectivity index (χ2n) is 7.18. The summed E-state index contributed by atoms with van der Waals surface area (Å²) in [6, 6.07) is 8.38. The van der Waals surface area contributed by atoms with Gasteiger partial charge in [0.25, 0.3) is 5.91 Å². The van der Waals surface area contributed by atoms with Crippen LogP contribution in [0.1, 0.15) is 48.3 Å². The zero-order valence-electron chi connectivity index (χ0n) is 16.5. The minimum absolute atomic E-state index is 0.00492. The summed E-state index contributed by atoms with van der Waals surface area (Å²) in [6.07, 6.45) is -0.286. The molecule has 7 heteroatoms. The number of halogens is 2. The molecule has 1 aromatic heterocycles. The summed E-state index contributed by atoms with van der Waals surface area (Å²) in [7, 11) is 0. The van der Waals surface area contributed by atoms with Crippen LogP contribution in [0.15, 0.2) is 36.4 Å². The summed E-state index contributed by atoms with van der Waals surface area (Å²) in [6.45, 7) is 6.90. The molecule has 0 bridgehead atoms. The fourth-order valence-electron chi connectivity index (χ4n) is 3.45. The molecule has 0 unspecified atom stereocenters. The summed E-state index contributed by atoms with van der Waals surface area (Å²) >= 11 is 5.72. The lowest BCUT2D eigenvalue weighted by Crippen LogP contribution is -2.19. The number of rotatable bonds is 4. The van der Waals surface area contributed by atoms with Crippen LogP contribution in [0.25, 0.3) is 10.9 Å². The molecule has 1 atom stereocenters. The first-order valence-electron chi connectivity index (χ1n) is 9.16. The molecular weight excluding hydrogens is 397 g/mol. The minimum atomic E-state index is -0.696. The molecule has 0 saturated heterocycles. The average Bonchev–Trinajstić information content (AvgIpc) is 2.93. The van der Waals surface area contributed by atoms with Gasteiger partial charge in [-0.1, -0.05) is 11.6 Å². The Kier molecular flexibility index (Phi) is 5.66. The van der Waals surface area contributed by atoms with Crippen LogP contribution in [-0.4, -0.2) is 27.7 Å². The molecule has 0 aliphatic heterocycles. The van der Waals surface area contributed by atoms with Crippen LogP contribution in [-0.2, 0) is 9.53 Å². The Morgan fingerprint density at radius 1 is 1.14 bits per heavy atom. The lowest BCUT2D eigenvalue weighted by molar-refractivity contribution is -0.148. The number of esters is 1. The van der Waals surface area contributed by atoms with Crippen molar-refractivity contribution in [2.45, 2.75) is 39.7 Å². The largest absolute Gasteiger partial charge is 0.508 e. The van der Waals surface area contributed by atoms with E-state index < -0.39 is 23.6 Å². The molecule has 0 radical (unpaired) electrons. The predicted octanol–water partition coefficient (Wildman–Crippen LogP) is 5.19. The van der Waals surface area contributed by atoms with Crippen LogP contribution < -0.4 is 0 Å². The van der Waals surface area contributed by atoms with Crippen LogP contribution in [0.5, 0.6) is 5.75 Å². The number of aromatic hydroxyl groups is 1. The Morgan fingerprint density at radius 2 is 1.83 bits per heavy atom. The highest BCUT2D eigenvalue weighted by atomic mass is 35.5. The van der Waals surface area contributed by atoms with Gasteiger partial charge in [0.15, 0.2) is 0 Å². The average molecular weight is 418 g/mol.